The van der Waals surface area contributed by atoms with E-state index < -0.39 is 17.8 Å². The number of imide groups is 1. The highest BCUT2D eigenvalue weighted by molar-refractivity contribution is 6.53. The Morgan fingerprint density at radius 3 is 2.44 bits per heavy atom. The lowest BCUT2D eigenvalue weighted by Crippen LogP contribution is -2.32. The summed E-state index contributed by atoms with van der Waals surface area (Å²) in [4.78, 5) is 37.7. The first-order valence-corrected chi connectivity index (χ1v) is 8.66. The number of ether oxygens (including phenoxy) is 1. The fraction of sp³-hybridized carbons (Fsp3) is 0.0556. The van der Waals surface area contributed by atoms with Gasteiger partial charge in [-0.05, 0) is 36.4 Å². The zero-order valence-corrected chi connectivity index (χ0v) is 16.0. The SMILES string of the molecule is COC(=O)c1cccc(NC2=C(Cl)C(=O)N(c3ccc(Cl)cc3Cl)C2=O)c1. The molecule has 27 heavy (non-hydrogen) atoms. The second-order valence-corrected chi connectivity index (χ2v) is 6.65. The Kier molecular flexibility index (Phi) is 5.41. The van der Waals surface area contributed by atoms with Gasteiger partial charge in [0.15, 0.2) is 0 Å². The van der Waals surface area contributed by atoms with Crippen LogP contribution >= 0.6 is 34.8 Å². The number of halogens is 3. The average Bonchev–Trinajstić information content (AvgIpc) is 2.85. The van der Waals surface area contributed by atoms with Crippen molar-refractivity contribution in [2.75, 3.05) is 17.3 Å². The molecule has 1 heterocycles. The molecule has 0 spiro atoms. The topological polar surface area (TPSA) is 75.7 Å². The predicted molar refractivity (Wildman–Crippen MR) is 103 cm³/mol. The van der Waals surface area contributed by atoms with E-state index in [1.165, 1.54) is 31.4 Å². The third-order valence-electron chi connectivity index (χ3n) is 3.73. The molecule has 2 aromatic carbocycles. The van der Waals surface area contributed by atoms with Crippen LogP contribution in [0.15, 0.2) is 53.2 Å². The molecule has 0 bridgehead atoms. The second kappa shape index (κ2) is 7.60. The number of benzene rings is 2. The van der Waals surface area contributed by atoms with Crippen molar-refractivity contribution in [1.82, 2.24) is 0 Å². The fourth-order valence-corrected chi connectivity index (χ4v) is 3.18. The Morgan fingerprint density at radius 2 is 1.78 bits per heavy atom. The van der Waals surface area contributed by atoms with Gasteiger partial charge in [0.05, 0.1) is 23.4 Å². The molecule has 2 aromatic rings. The molecule has 1 N–H and O–H groups in total. The van der Waals surface area contributed by atoms with Crippen molar-refractivity contribution in [3.63, 3.8) is 0 Å². The van der Waals surface area contributed by atoms with Gasteiger partial charge in [-0.2, -0.15) is 0 Å². The average molecular weight is 426 g/mol. The van der Waals surface area contributed by atoms with Crippen molar-refractivity contribution in [2.45, 2.75) is 0 Å². The lowest BCUT2D eigenvalue weighted by molar-refractivity contribution is -0.120. The number of methoxy groups -OCH3 is 1. The van der Waals surface area contributed by atoms with E-state index in [1.807, 2.05) is 0 Å². The van der Waals surface area contributed by atoms with Crippen molar-refractivity contribution >= 4 is 64.0 Å². The summed E-state index contributed by atoms with van der Waals surface area (Å²) in [6.07, 6.45) is 0. The summed E-state index contributed by atoms with van der Waals surface area (Å²) < 4.78 is 4.66. The van der Waals surface area contributed by atoms with E-state index in [2.05, 4.69) is 10.1 Å². The van der Waals surface area contributed by atoms with Gasteiger partial charge in [0, 0.05) is 10.7 Å². The van der Waals surface area contributed by atoms with Gasteiger partial charge >= 0.3 is 5.97 Å². The zero-order chi connectivity index (χ0) is 19.7. The maximum absolute atomic E-state index is 12.8. The van der Waals surface area contributed by atoms with E-state index in [0.717, 1.165) is 4.90 Å². The van der Waals surface area contributed by atoms with Gasteiger partial charge in [0.1, 0.15) is 10.7 Å². The number of hydrogen-bond donors (Lipinski definition) is 1. The predicted octanol–water partition coefficient (Wildman–Crippen LogP) is 4.22. The third-order valence-corrected chi connectivity index (χ3v) is 4.62. The van der Waals surface area contributed by atoms with Crippen molar-refractivity contribution < 1.29 is 19.1 Å². The van der Waals surface area contributed by atoms with Crippen LogP contribution in [0.2, 0.25) is 10.0 Å². The number of hydrogen-bond acceptors (Lipinski definition) is 5. The molecule has 2 amide bonds. The highest BCUT2D eigenvalue weighted by atomic mass is 35.5. The highest BCUT2D eigenvalue weighted by Crippen LogP contribution is 2.35. The maximum Gasteiger partial charge on any atom is 0.337 e. The van der Waals surface area contributed by atoms with Crippen molar-refractivity contribution in [3.8, 4) is 0 Å². The molecule has 138 valence electrons. The van der Waals surface area contributed by atoms with Crippen LogP contribution in [-0.4, -0.2) is 24.9 Å². The molecule has 0 fully saturated rings. The minimum absolute atomic E-state index is 0.127. The van der Waals surface area contributed by atoms with E-state index in [0.29, 0.717) is 10.7 Å². The minimum atomic E-state index is -0.725. The first-order valence-electron chi connectivity index (χ1n) is 7.52. The Morgan fingerprint density at radius 1 is 1.04 bits per heavy atom. The van der Waals surface area contributed by atoms with E-state index in [4.69, 9.17) is 34.8 Å². The molecule has 1 aliphatic heterocycles. The molecule has 9 heteroatoms. The van der Waals surface area contributed by atoms with Crippen LogP contribution in [0.25, 0.3) is 0 Å². The Bertz CT molecular complexity index is 1000. The normalized spacial score (nSPS) is 14.0. The number of amides is 2. The van der Waals surface area contributed by atoms with Crippen molar-refractivity contribution in [1.29, 1.82) is 0 Å². The maximum atomic E-state index is 12.8. The molecule has 1 aliphatic rings. The molecule has 0 aromatic heterocycles. The molecular weight excluding hydrogens is 415 g/mol. The summed E-state index contributed by atoms with van der Waals surface area (Å²) in [6, 6.07) is 10.6. The number of esters is 1. The second-order valence-electron chi connectivity index (χ2n) is 5.43. The first-order chi connectivity index (χ1) is 12.8. The zero-order valence-electron chi connectivity index (χ0n) is 13.8. The number of carbonyl (C=O) groups is 3. The van der Waals surface area contributed by atoms with E-state index in [1.54, 1.807) is 18.2 Å². The number of rotatable bonds is 4. The van der Waals surface area contributed by atoms with Gasteiger partial charge in [0.2, 0.25) is 0 Å². The van der Waals surface area contributed by atoms with Crippen LogP contribution in [0.3, 0.4) is 0 Å². The quantitative estimate of drug-likeness (QED) is 0.586. The standard InChI is InChI=1S/C18H11Cl3N2O4/c1-27-18(26)9-3-2-4-11(7-9)22-15-14(21)16(24)23(17(15)25)13-6-5-10(19)8-12(13)20/h2-8,22H,1H3. The number of nitrogens with one attached hydrogen (secondary N) is 1. The van der Waals surface area contributed by atoms with Crippen LogP contribution in [-0.2, 0) is 14.3 Å². The number of nitrogens with zero attached hydrogens (tertiary/aromatic N) is 1. The van der Waals surface area contributed by atoms with Crippen LogP contribution in [0.5, 0.6) is 0 Å². The van der Waals surface area contributed by atoms with E-state index >= 15 is 0 Å². The Labute approximate surface area is 169 Å². The molecule has 0 atom stereocenters. The van der Waals surface area contributed by atoms with Gasteiger partial charge in [-0.15, -0.1) is 0 Å². The smallest absolute Gasteiger partial charge is 0.337 e. The molecule has 0 aliphatic carbocycles. The molecule has 0 radical (unpaired) electrons. The monoisotopic (exact) mass is 424 g/mol. The first kappa shape index (κ1) is 19.2. The van der Waals surface area contributed by atoms with Crippen molar-refractivity contribution in [2.24, 2.45) is 0 Å². The lowest BCUT2D eigenvalue weighted by atomic mass is 10.2. The largest absolute Gasteiger partial charge is 0.465 e. The van der Waals surface area contributed by atoms with Gasteiger partial charge in [0.25, 0.3) is 11.8 Å². The van der Waals surface area contributed by atoms with Gasteiger partial charge in [-0.3, -0.25) is 9.59 Å². The summed E-state index contributed by atoms with van der Waals surface area (Å²) in [6.45, 7) is 0. The van der Waals surface area contributed by atoms with Gasteiger partial charge in [-0.1, -0.05) is 40.9 Å². The highest BCUT2D eigenvalue weighted by Gasteiger charge is 2.39. The van der Waals surface area contributed by atoms with E-state index in [-0.39, 0.29) is 27.0 Å². The van der Waals surface area contributed by atoms with Crippen molar-refractivity contribution in [3.05, 3.63) is 68.8 Å². The molecule has 6 nitrogen and oxygen atoms in total. The molecule has 0 unspecified atom stereocenters. The van der Waals surface area contributed by atoms with Crippen LogP contribution in [0.4, 0.5) is 11.4 Å². The summed E-state index contributed by atoms with van der Waals surface area (Å²) in [5.74, 6) is -1.95. The fourth-order valence-electron chi connectivity index (χ4n) is 2.48. The number of carbonyl (C=O) groups excluding carboxylic acids is 3. The van der Waals surface area contributed by atoms with Crippen LogP contribution < -0.4 is 10.2 Å². The molecule has 0 saturated heterocycles. The third kappa shape index (κ3) is 3.64. The summed E-state index contributed by atoms with van der Waals surface area (Å²) in [7, 11) is 1.26. The number of anilines is 2. The van der Waals surface area contributed by atoms with Crippen LogP contribution in [0.1, 0.15) is 10.4 Å². The summed E-state index contributed by atoms with van der Waals surface area (Å²) in [5, 5.41) is 2.97. The lowest BCUT2D eigenvalue weighted by Gasteiger charge is -2.16. The Balaban J connectivity index is 1.92. The molecule has 3 rings (SSSR count). The minimum Gasteiger partial charge on any atom is -0.465 e. The summed E-state index contributed by atoms with van der Waals surface area (Å²) >= 11 is 18.0. The van der Waals surface area contributed by atoms with Crippen LogP contribution in [0, 0.1) is 0 Å². The Hall–Kier alpha value is -2.54. The van der Waals surface area contributed by atoms with E-state index in [9.17, 15) is 14.4 Å². The molecular formula is C18H11Cl3N2O4. The summed E-state index contributed by atoms with van der Waals surface area (Å²) in [5.41, 5.74) is 0.689. The van der Waals surface area contributed by atoms with Gasteiger partial charge in [-0.25, -0.2) is 9.69 Å². The molecule has 0 saturated carbocycles. The van der Waals surface area contributed by atoms with Gasteiger partial charge < -0.3 is 10.1 Å².